The zero-order valence-electron chi connectivity index (χ0n) is 8.90. The molecule has 2 rings (SSSR count). The summed E-state index contributed by atoms with van der Waals surface area (Å²) in [5, 5.41) is 10.6. The predicted molar refractivity (Wildman–Crippen MR) is 67.0 cm³/mol. The standard InChI is InChI=1S/C10H11BrFN5/c11-7-5-10(9(13)6-8(7)12)14-1-3-17-4-2-15-16-17/h2,4-6,14H,1,3,13H2. The number of nitrogen functional groups attached to an aromatic ring is 1. The molecule has 0 saturated carbocycles. The van der Waals surface area contributed by atoms with Gasteiger partial charge >= 0.3 is 0 Å². The van der Waals surface area contributed by atoms with E-state index in [-0.39, 0.29) is 5.82 Å². The molecule has 0 radical (unpaired) electrons. The van der Waals surface area contributed by atoms with Crippen LogP contribution < -0.4 is 11.1 Å². The first-order chi connectivity index (χ1) is 8.16. The van der Waals surface area contributed by atoms with Gasteiger partial charge < -0.3 is 11.1 Å². The SMILES string of the molecule is Nc1cc(F)c(Br)cc1NCCn1ccnn1. The molecule has 17 heavy (non-hydrogen) atoms. The third-order valence-electron chi connectivity index (χ3n) is 2.22. The maximum Gasteiger partial charge on any atom is 0.139 e. The smallest absolute Gasteiger partial charge is 0.139 e. The van der Waals surface area contributed by atoms with Crippen molar-refractivity contribution in [1.82, 2.24) is 15.0 Å². The molecule has 0 spiro atoms. The second-order valence-corrected chi connectivity index (χ2v) is 4.30. The van der Waals surface area contributed by atoms with Gasteiger partial charge in [-0.1, -0.05) is 5.21 Å². The Morgan fingerprint density at radius 1 is 1.47 bits per heavy atom. The van der Waals surface area contributed by atoms with E-state index in [0.29, 0.717) is 28.9 Å². The maximum absolute atomic E-state index is 13.1. The van der Waals surface area contributed by atoms with Crippen molar-refractivity contribution in [1.29, 1.82) is 0 Å². The van der Waals surface area contributed by atoms with Gasteiger partial charge in [-0.05, 0) is 22.0 Å². The summed E-state index contributed by atoms with van der Waals surface area (Å²) in [5.74, 6) is -0.371. The molecule has 0 atom stereocenters. The molecule has 0 fully saturated rings. The lowest BCUT2D eigenvalue weighted by Crippen LogP contribution is -2.12. The zero-order chi connectivity index (χ0) is 12.3. The molecule has 1 heterocycles. The van der Waals surface area contributed by atoms with E-state index in [0.717, 1.165) is 0 Å². The summed E-state index contributed by atoms with van der Waals surface area (Å²) in [5.41, 5.74) is 6.76. The van der Waals surface area contributed by atoms with Crippen molar-refractivity contribution < 1.29 is 4.39 Å². The minimum absolute atomic E-state index is 0.371. The second-order valence-electron chi connectivity index (χ2n) is 3.45. The lowest BCUT2D eigenvalue weighted by atomic mass is 10.2. The molecule has 0 saturated heterocycles. The second kappa shape index (κ2) is 5.13. The fourth-order valence-corrected chi connectivity index (χ4v) is 1.72. The Hall–Kier alpha value is -1.63. The summed E-state index contributed by atoms with van der Waals surface area (Å²) in [7, 11) is 0. The normalized spacial score (nSPS) is 10.5. The number of halogens is 2. The van der Waals surface area contributed by atoms with E-state index in [9.17, 15) is 4.39 Å². The summed E-state index contributed by atoms with van der Waals surface area (Å²) in [6, 6.07) is 2.90. The molecule has 0 aliphatic rings. The number of nitrogens with zero attached hydrogens (tertiary/aromatic N) is 3. The van der Waals surface area contributed by atoms with Crippen LogP contribution in [0.5, 0.6) is 0 Å². The Morgan fingerprint density at radius 3 is 3.00 bits per heavy atom. The molecule has 5 nitrogen and oxygen atoms in total. The number of benzene rings is 1. The molecule has 7 heteroatoms. The number of hydrogen-bond donors (Lipinski definition) is 2. The highest BCUT2D eigenvalue weighted by atomic mass is 79.9. The largest absolute Gasteiger partial charge is 0.397 e. The Labute approximate surface area is 106 Å². The van der Waals surface area contributed by atoms with Gasteiger partial charge in [0, 0.05) is 18.8 Å². The van der Waals surface area contributed by atoms with E-state index in [1.807, 2.05) is 0 Å². The average molecular weight is 300 g/mol. The van der Waals surface area contributed by atoms with Gasteiger partial charge in [0.05, 0.1) is 28.6 Å². The third kappa shape index (κ3) is 2.94. The van der Waals surface area contributed by atoms with Crippen molar-refractivity contribution in [3.8, 4) is 0 Å². The third-order valence-corrected chi connectivity index (χ3v) is 2.83. The van der Waals surface area contributed by atoms with Crippen LogP contribution in [0.25, 0.3) is 0 Å². The molecule has 3 N–H and O–H groups in total. The van der Waals surface area contributed by atoms with Gasteiger partial charge in [0.2, 0.25) is 0 Å². The number of nitrogens with one attached hydrogen (secondary N) is 1. The number of rotatable bonds is 4. The van der Waals surface area contributed by atoms with E-state index in [1.54, 1.807) is 23.1 Å². The van der Waals surface area contributed by atoms with Crippen molar-refractivity contribution in [3.63, 3.8) is 0 Å². The van der Waals surface area contributed by atoms with Crippen molar-refractivity contribution in [2.45, 2.75) is 6.54 Å². The van der Waals surface area contributed by atoms with Crippen LogP contribution in [0.4, 0.5) is 15.8 Å². The fraction of sp³-hybridized carbons (Fsp3) is 0.200. The van der Waals surface area contributed by atoms with Gasteiger partial charge in [0.15, 0.2) is 0 Å². The van der Waals surface area contributed by atoms with E-state index in [1.165, 1.54) is 6.07 Å². The summed E-state index contributed by atoms with van der Waals surface area (Å²) in [4.78, 5) is 0. The lowest BCUT2D eigenvalue weighted by molar-refractivity contribution is 0.608. The minimum Gasteiger partial charge on any atom is -0.397 e. The highest BCUT2D eigenvalue weighted by molar-refractivity contribution is 9.10. The molecule has 0 unspecified atom stereocenters. The predicted octanol–water partition coefficient (Wildman–Crippen LogP) is 1.87. The van der Waals surface area contributed by atoms with Crippen LogP contribution in [0.1, 0.15) is 0 Å². The molecule has 0 aliphatic heterocycles. The maximum atomic E-state index is 13.1. The Kier molecular flexibility index (Phi) is 3.58. The molecule has 2 aromatic rings. The van der Waals surface area contributed by atoms with E-state index >= 15 is 0 Å². The molecule has 1 aromatic heterocycles. The first-order valence-electron chi connectivity index (χ1n) is 4.99. The monoisotopic (exact) mass is 299 g/mol. The molecule has 0 aliphatic carbocycles. The number of anilines is 2. The van der Waals surface area contributed by atoms with Gasteiger partial charge in [0.1, 0.15) is 5.82 Å². The van der Waals surface area contributed by atoms with Crippen LogP contribution in [0, 0.1) is 5.82 Å². The van der Waals surface area contributed by atoms with Crippen molar-refractivity contribution in [2.75, 3.05) is 17.6 Å². The van der Waals surface area contributed by atoms with Crippen molar-refractivity contribution in [3.05, 3.63) is 34.8 Å². The highest BCUT2D eigenvalue weighted by Crippen LogP contribution is 2.26. The first kappa shape index (κ1) is 11.8. The molecule has 1 aromatic carbocycles. The van der Waals surface area contributed by atoms with Crippen LogP contribution in [0.3, 0.4) is 0 Å². The number of aromatic nitrogens is 3. The quantitative estimate of drug-likeness (QED) is 0.846. The fourth-order valence-electron chi connectivity index (χ4n) is 1.37. The van der Waals surface area contributed by atoms with E-state index in [2.05, 4.69) is 31.6 Å². The lowest BCUT2D eigenvalue weighted by Gasteiger charge is -2.10. The summed E-state index contributed by atoms with van der Waals surface area (Å²) in [6.07, 6.45) is 3.38. The van der Waals surface area contributed by atoms with Gasteiger partial charge in [-0.3, -0.25) is 4.68 Å². The first-order valence-corrected chi connectivity index (χ1v) is 5.78. The Bertz CT molecular complexity index is 500. The van der Waals surface area contributed by atoms with E-state index < -0.39 is 0 Å². The summed E-state index contributed by atoms with van der Waals surface area (Å²) < 4.78 is 15.2. The number of hydrogen-bond acceptors (Lipinski definition) is 4. The van der Waals surface area contributed by atoms with Crippen molar-refractivity contribution >= 4 is 27.3 Å². The van der Waals surface area contributed by atoms with Crippen molar-refractivity contribution in [2.24, 2.45) is 0 Å². The Morgan fingerprint density at radius 2 is 2.29 bits per heavy atom. The van der Waals surface area contributed by atoms with Gasteiger partial charge in [-0.2, -0.15) is 0 Å². The highest BCUT2D eigenvalue weighted by Gasteiger charge is 2.05. The number of nitrogens with two attached hydrogens (primary N) is 1. The molecule has 0 amide bonds. The Balaban J connectivity index is 1.97. The average Bonchev–Trinajstić information content (AvgIpc) is 2.78. The molecule has 0 bridgehead atoms. The van der Waals surface area contributed by atoms with Crippen LogP contribution in [0.15, 0.2) is 29.0 Å². The molecular weight excluding hydrogens is 289 g/mol. The van der Waals surface area contributed by atoms with Crippen LogP contribution >= 0.6 is 15.9 Å². The summed E-state index contributed by atoms with van der Waals surface area (Å²) in [6.45, 7) is 1.29. The summed E-state index contributed by atoms with van der Waals surface area (Å²) >= 11 is 3.11. The molecule has 90 valence electrons. The van der Waals surface area contributed by atoms with Gasteiger partial charge in [-0.15, -0.1) is 5.10 Å². The van der Waals surface area contributed by atoms with E-state index in [4.69, 9.17) is 5.73 Å². The molecular formula is C10H11BrFN5. The van der Waals surface area contributed by atoms with Crippen LogP contribution in [0.2, 0.25) is 0 Å². The van der Waals surface area contributed by atoms with Gasteiger partial charge in [-0.25, -0.2) is 4.39 Å². The van der Waals surface area contributed by atoms with Crippen LogP contribution in [-0.4, -0.2) is 21.5 Å². The topological polar surface area (TPSA) is 68.8 Å². The van der Waals surface area contributed by atoms with Crippen LogP contribution in [-0.2, 0) is 6.54 Å². The minimum atomic E-state index is -0.371. The zero-order valence-corrected chi connectivity index (χ0v) is 10.5. The van der Waals surface area contributed by atoms with Gasteiger partial charge in [0.25, 0.3) is 0 Å².